The van der Waals surface area contributed by atoms with Gasteiger partial charge in [-0.1, -0.05) is 18.2 Å². The Morgan fingerprint density at radius 2 is 1.72 bits per heavy atom. The van der Waals surface area contributed by atoms with Crippen LogP contribution in [0, 0.1) is 0 Å². The molecule has 0 unspecified atom stereocenters. The molecule has 0 aliphatic carbocycles. The predicted octanol–water partition coefficient (Wildman–Crippen LogP) is 3.39. The molecule has 2 aromatic carbocycles. The number of benzene rings is 2. The number of aliphatic imine (C=N–C) groups is 1. The molecule has 8 heteroatoms. The lowest BCUT2D eigenvalue weighted by Crippen LogP contribution is -2.39. The molecule has 1 amide bonds. The first-order chi connectivity index (χ1) is 13.7. The summed E-state index contributed by atoms with van der Waals surface area (Å²) in [5, 5.41) is 9.41. The van der Waals surface area contributed by atoms with Crippen LogP contribution in [-0.2, 0) is 0 Å². The molecule has 0 aliphatic rings. The summed E-state index contributed by atoms with van der Waals surface area (Å²) in [7, 11) is 1.60. The molecule has 158 valence electrons. The normalized spacial score (nSPS) is 10.6. The van der Waals surface area contributed by atoms with E-state index in [1.54, 1.807) is 43.1 Å². The van der Waals surface area contributed by atoms with E-state index in [9.17, 15) is 4.79 Å². The maximum absolute atomic E-state index is 12.1. The Morgan fingerprint density at radius 1 is 1.00 bits per heavy atom. The second kappa shape index (κ2) is 15.0. The third-order valence-corrected chi connectivity index (χ3v) is 4.78. The van der Waals surface area contributed by atoms with Crippen LogP contribution in [0.4, 0.5) is 0 Å². The molecule has 0 saturated heterocycles. The molecule has 0 heterocycles. The fourth-order valence-corrected chi connectivity index (χ4v) is 3.17. The Labute approximate surface area is 194 Å². The van der Waals surface area contributed by atoms with E-state index < -0.39 is 0 Å². The van der Waals surface area contributed by atoms with Gasteiger partial charge in [-0.15, -0.1) is 35.7 Å². The zero-order valence-corrected chi connectivity index (χ0v) is 20.0. The highest BCUT2D eigenvalue weighted by Gasteiger charge is 2.04. The molecule has 3 N–H and O–H groups in total. The summed E-state index contributed by atoms with van der Waals surface area (Å²) in [5.41, 5.74) is 0.604. The monoisotopic (exact) mass is 528 g/mol. The van der Waals surface area contributed by atoms with Crippen molar-refractivity contribution in [3.05, 3.63) is 60.2 Å². The number of amides is 1. The van der Waals surface area contributed by atoms with Crippen molar-refractivity contribution in [3.8, 4) is 5.75 Å². The van der Waals surface area contributed by atoms with Crippen LogP contribution in [0.25, 0.3) is 0 Å². The van der Waals surface area contributed by atoms with E-state index in [2.05, 4.69) is 33.1 Å². The number of hydrogen-bond donors (Lipinski definition) is 3. The number of carbonyl (C=O) groups is 1. The molecule has 0 bridgehead atoms. The molecule has 2 rings (SSSR count). The molecule has 0 spiro atoms. The van der Waals surface area contributed by atoms with E-state index in [0.29, 0.717) is 18.7 Å². The van der Waals surface area contributed by atoms with Gasteiger partial charge in [-0.2, -0.15) is 0 Å². The van der Waals surface area contributed by atoms with Crippen LogP contribution >= 0.6 is 35.7 Å². The Balaban J connectivity index is 0.00000420. The SMILES string of the molecule is CCNC(=NCCNC(=O)c1ccc(OC)cc1)NCCSc1ccccc1.I. The van der Waals surface area contributed by atoms with E-state index in [-0.39, 0.29) is 29.9 Å². The molecule has 0 atom stereocenters. The minimum Gasteiger partial charge on any atom is -0.497 e. The molecule has 0 aliphatic heterocycles. The zero-order valence-electron chi connectivity index (χ0n) is 16.8. The first-order valence-electron chi connectivity index (χ1n) is 9.35. The first-order valence-corrected chi connectivity index (χ1v) is 10.3. The summed E-state index contributed by atoms with van der Waals surface area (Å²) in [6.07, 6.45) is 0. The maximum Gasteiger partial charge on any atom is 0.251 e. The second-order valence-electron chi connectivity index (χ2n) is 5.83. The van der Waals surface area contributed by atoms with Gasteiger partial charge < -0.3 is 20.7 Å². The highest BCUT2D eigenvalue weighted by atomic mass is 127. The van der Waals surface area contributed by atoms with Gasteiger partial charge in [-0.05, 0) is 43.3 Å². The van der Waals surface area contributed by atoms with Crippen molar-refractivity contribution in [3.63, 3.8) is 0 Å². The maximum atomic E-state index is 12.1. The van der Waals surface area contributed by atoms with Crippen LogP contribution in [0.1, 0.15) is 17.3 Å². The average Bonchev–Trinajstić information content (AvgIpc) is 2.74. The summed E-state index contributed by atoms with van der Waals surface area (Å²) in [6, 6.07) is 17.3. The van der Waals surface area contributed by atoms with Crippen molar-refractivity contribution in [2.24, 2.45) is 4.99 Å². The number of halogens is 1. The molecule has 6 nitrogen and oxygen atoms in total. The second-order valence-corrected chi connectivity index (χ2v) is 7.00. The summed E-state index contributed by atoms with van der Waals surface area (Å²) in [5.74, 6) is 2.32. The van der Waals surface area contributed by atoms with Crippen molar-refractivity contribution < 1.29 is 9.53 Å². The van der Waals surface area contributed by atoms with Gasteiger partial charge in [0, 0.05) is 35.8 Å². The molecule has 0 fully saturated rings. The standard InChI is InChI=1S/C21H28N4O2S.HI/c1-3-22-21(25-15-16-28-19-7-5-4-6-8-19)24-14-13-23-20(26)17-9-11-18(27-2)12-10-17;/h4-12H,3,13-16H2,1-2H3,(H,23,26)(H2,22,24,25);1H. The number of nitrogens with zero attached hydrogens (tertiary/aromatic N) is 1. The highest BCUT2D eigenvalue weighted by Crippen LogP contribution is 2.15. The van der Waals surface area contributed by atoms with Gasteiger partial charge in [-0.3, -0.25) is 9.79 Å². The number of thioether (sulfide) groups is 1. The van der Waals surface area contributed by atoms with Gasteiger partial charge in [0.2, 0.25) is 0 Å². The fourth-order valence-electron chi connectivity index (χ4n) is 2.38. The van der Waals surface area contributed by atoms with E-state index in [1.165, 1.54) is 4.90 Å². The Hall–Kier alpha value is -1.94. The van der Waals surface area contributed by atoms with Gasteiger partial charge in [-0.25, -0.2) is 0 Å². The molecular formula is C21H29IN4O2S. The van der Waals surface area contributed by atoms with Crippen molar-refractivity contribution in [1.29, 1.82) is 0 Å². The lowest BCUT2D eigenvalue weighted by molar-refractivity contribution is 0.0955. The number of guanidine groups is 1. The summed E-state index contributed by atoms with van der Waals surface area (Å²) >= 11 is 1.80. The van der Waals surface area contributed by atoms with Crippen LogP contribution in [0.5, 0.6) is 5.75 Å². The van der Waals surface area contributed by atoms with Gasteiger partial charge >= 0.3 is 0 Å². The summed E-state index contributed by atoms with van der Waals surface area (Å²) in [6.45, 7) is 4.60. The van der Waals surface area contributed by atoms with Crippen LogP contribution in [0.2, 0.25) is 0 Å². The third-order valence-electron chi connectivity index (χ3n) is 3.77. The minimum atomic E-state index is -0.116. The highest BCUT2D eigenvalue weighted by molar-refractivity contribution is 14.0. The van der Waals surface area contributed by atoms with Crippen LogP contribution in [0.15, 0.2) is 64.5 Å². The number of hydrogen-bond acceptors (Lipinski definition) is 4. The molecular weight excluding hydrogens is 499 g/mol. The zero-order chi connectivity index (χ0) is 20.0. The van der Waals surface area contributed by atoms with Crippen LogP contribution in [0.3, 0.4) is 0 Å². The van der Waals surface area contributed by atoms with Crippen LogP contribution < -0.4 is 20.7 Å². The van der Waals surface area contributed by atoms with E-state index in [0.717, 1.165) is 30.6 Å². The topological polar surface area (TPSA) is 74.8 Å². The quantitative estimate of drug-likeness (QED) is 0.145. The summed E-state index contributed by atoms with van der Waals surface area (Å²) < 4.78 is 5.10. The van der Waals surface area contributed by atoms with Gasteiger partial charge in [0.1, 0.15) is 5.75 Å². The number of carbonyl (C=O) groups excluding carboxylic acids is 1. The summed E-state index contributed by atoms with van der Waals surface area (Å²) in [4.78, 5) is 17.9. The van der Waals surface area contributed by atoms with E-state index in [4.69, 9.17) is 4.74 Å². The van der Waals surface area contributed by atoms with Gasteiger partial charge in [0.15, 0.2) is 5.96 Å². The van der Waals surface area contributed by atoms with E-state index >= 15 is 0 Å². The smallest absolute Gasteiger partial charge is 0.251 e. The Kier molecular flexibility index (Phi) is 13.0. The molecule has 0 saturated carbocycles. The average molecular weight is 528 g/mol. The van der Waals surface area contributed by atoms with E-state index in [1.807, 2.05) is 25.1 Å². The molecule has 29 heavy (non-hydrogen) atoms. The number of ether oxygens (including phenoxy) is 1. The van der Waals surface area contributed by atoms with Gasteiger partial charge in [0.05, 0.1) is 13.7 Å². The van der Waals surface area contributed by atoms with Crippen molar-refractivity contribution in [2.45, 2.75) is 11.8 Å². The Bertz CT molecular complexity index is 742. The molecule has 0 radical (unpaired) electrons. The van der Waals surface area contributed by atoms with Gasteiger partial charge in [0.25, 0.3) is 5.91 Å². The number of methoxy groups -OCH3 is 1. The van der Waals surface area contributed by atoms with Crippen molar-refractivity contribution in [1.82, 2.24) is 16.0 Å². The Morgan fingerprint density at radius 3 is 2.38 bits per heavy atom. The largest absolute Gasteiger partial charge is 0.497 e. The fraction of sp³-hybridized carbons (Fsp3) is 0.333. The first kappa shape index (κ1) is 25.1. The number of rotatable bonds is 10. The van der Waals surface area contributed by atoms with Crippen LogP contribution in [-0.4, -0.2) is 50.9 Å². The third kappa shape index (κ3) is 9.89. The molecule has 0 aromatic heterocycles. The van der Waals surface area contributed by atoms with Crippen molar-refractivity contribution in [2.75, 3.05) is 39.0 Å². The number of nitrogens with one attached hydrogen (secondary N) is 3. The van der Waals surface area contributed by atoms with Crippen molar-refractivity contribution >= 4 is 47.6 Å². The minimum absolute atomic E-state index is 0. The lowest BCUT2D eigenvalue weighted by Gasteiger charge is -2.11. The predicted molar refractivity (Wildman–Crippen MR) is 132 cm³/mol. The lowest BCUT2D eigenvalue weighted by atomic mass is 10.2. The molecule has 2 aromatic rings.